The van der Waals surface area contributed by atoms with E-state index in [4.69, 9.17) is 18.2 Å². The average Bonchev–Trinajstić information content (AvgIpc) is 2.71. The van der Waals surface area contributed by atoms with Gasteiger partial charge in [-0.25, -0.2) is 0 Å². The van der Waals surface area contributed by atoms with Gasteiger partial charge in [-0.3, -0.25) is 4.57 Å². The fourth-order valence-electron chi connectivity index (χ4n) is 4.94. The van der Waals surface area contributed by atoms with Crippen molar-refractivity contribution in [3.8, 4) is 0 Å². The lowest BCUT2D eigenvalue weighted by Gasteiger charge is -2.47. The van der Waals surface area contributed by atoms with Crippen LogP contribution >= 0.6 is 7.60 Å². The first-order chi connectivity index (χ1) is 15.0. The lowest BCUT2D eigenvalue weighted by Crippen LogP contribution is -2.54. The molecule has 1 aliphatic rings. The van der Waals surface area contributed by atoms with Crippen molar-refractivity contribution in [1.82, 2.24) is 0 Å². The van der Waals surface area contributed by atoms with Crippen molar-refractivity contribution < 1.29 is 22.8 Å². The number of nitrogens with zero attached hydrogens (tertiary/aromatic N) is 3. The fourth-order valence-corrected chi connectivity index (χ4v) is 12.3. The summed E-state index contributed by atoms with van der Waals surface area (Å²) in [4.78, 5) is 3.09. The highest BCUT2D eigenvalue weighted by molar-refractivity contribution is 7.58. The van der Waals surface area contributed by atoms with Crippen molar-refractivity contribution in [3.63, 3.8) is 0 Å². The lowest BCUT2D eigenvalue weighted by molar-refractivity contribution is 0.0176. The number of azide groups is 1. The number of rotatable bonds is 14. The molecule has 184 valence electrons. The van der Waals surface area contributed by atoms with Crippen molar-refractivity contribution in [3.05, 3.63) is 34.5 Å². The molecule has 3 atom stereocenters. The monoisotopic (exact) mass is 487 g/mol. The van der Waals surface area contributed by atoms with Crippen molar-refractivity contribution in [2.75, 3.05) is 19.8 Å². The van der Waals surface area contributed by atoms with Crippen LogP contribution in [0.5, 0.6) is 0 Å². The molecule has 0 aromatic rings. The Morgan fingerprint density at radius 2 is 1.72 bits per heavy atom. The fraction of sp³-hybridized carbons (Fsp3) is 0.818. The summed E-state index contributed by atoms with van der Waals surface area (Å²) in [5, 5.41) is 4.59. The Balaban J connectivity index is 3.65. The van der Waals surface area contributed by atoms with Crippen LogP contribution in [-0.2, 0) is 22.8 Å². The average molecular weight is 488 g/mol. The second-order valence-electron chi connectivity index (χ2n) is 8.95. The van der Waals surface area contributed by atoms with E-state index in [1.54, 1.807) is 19.9 Å². The third-order valence-corrected chi connectivity index (χ3v) is 14.4. The van der Waals surface area contributed by atoms with Gasteiger partial charge in [0.1, 0.15) is 0 Å². The van der Waals surface area contributed by atoms with Gasteiger partial charge in [-0.15, -0.1) is 6.58 Å². The van der Waals surface area contributed by atoms with E-state index in [9.17, 15) is 10.1 Å². The van der Waals surface area contributed by atoms with Crippen LogP contribution < -0.4 is 0 Å². The quantitative estimate of drug-likeness (QED) is 0.0636. The minimum absolute atomic E-state index is 0.251. The van der Waals surface area contributed by atoms with Gasteiger partial charge in [0, 0.05) is 16.6 Å². The molecule has 0 heterocycles. The van der Waals surface area contributed by atoms with Crippen molar-refractivity contribution in [1.29, 1.82) is 0 Å². The van der Waals surface area contributed by atoms with E-state index in [1.165, 1.54) is 0 Å². The Bertz CT molecular complexity index is 705. The second kappa shape index (κ2) is 13.1. The molecule has 0 amide bonds. The van der Waals surface area contributed by atoms with Gasteiger partial charge >= 0.3 is 7.60 Å². The Labute approximate surface area is 195 Å². The van der Waals surface area contributed by atoms with Gasteiger partial charge < -0.3 is 18.2 Å². The zero-order chi connectivity index (χ0) is 24.5. The largest absolute Gasteiger partial charge is 0.409 e. The summed E-state index contributed by atoms with van der Waals surface area (Å²) in [6, 6.07) is -0.594. The molecule has 1 aliphatic carbocycles. The van der Waals surface area contributed by atoms with E-state index in [2.05, 4.69) is 58.1 Å². The van der Waals surface area contributed by atoms with Crippen molar-refractivity contribution >= 4 is 15.9 Å². The second-order valence-corrected chi connectivity index (χ2v) is 16.4. The maximum absolute atomic E-state index is 13.6. The summed E-state index contributed by atoms with van der Waals surface area (Å²) in [6.45, 7) is 21.2. The van der Waals surface area contributed by atoms with E-state index >= 15 is 0 Å². The predicted molar refractivity (Wildman–Crippen MR) is 132 cm³/mol. The molecule has 0 aromatic carbocycles. The zero-order valence-electron chi connectivity index (χ0n) is 21.0. The summed E-state index contributed by atoms with van der Waals surface area (Å²) >= 11 is 0. The van der Waals surface area contributed by atoms with E-state index in [0.29, 0.717) is 21.9 Å². The van der Waals surface area contributed by atoms with Crippen LogP contribution in [0.2, 0.25) is 16.6 Å². The first-order valence-corrected chi connectivity index (χ1v) is 15.3. The summed E-state index contributed by atoms with van der Waals surface area (Å²) in [6.07, 6.45) is 2.61. The van der Waals surface area contributed by atoms with Crippen LogP contribution in [0.3, 0.4) is 0 Å². The molecule has 0 aliphatic heterocycles. The van der Waals surface area contributed by atoms with Crippen LogP contribution in [0, 0.1) is 0 Å². The summed E-state index contributed by atoms with van der Waals surface area (Å²) in [5.41, 5.74) is 10.3. The molecule has 0 bridgehead atoms. The van der Waals surface area contributed by atoms with E-state index in [-0.39, 0.29) is 26.2 Å². The minimum Gasteiger partial charge on any atom is -0.409 e. The first-order valence-electron chi connectivity index (χ1n) is 11.6. The molecule has 0 fully saturated rings. The molecule has 0 spiro atoms. The SMILES string of the molecule is C=CCO[C@@H]1CC(P(=O)(OCC)OCC)=C[C@H](O[Si](C(C)C)(C(C)C)C(C)C)[C@H]1N=[N+]=[N-]. The van der Waals surface area contributed by atoms with Crippen LogP contribution in [0.4, 0.5) is 0 Å². The van der Waals surface area contributed by atoms with Crippen LogP contribution in [0.1, 0.15) is 61.8 Å². The summed E-state index contributed by atoms with van der Waals surface area (Å²) < 4.78 is 37.8. The van der Waals surface area contributed by atoms with E-state index in [0.717, 1.165) is 0 Å². The van der Waals surface area contributed by atoms with Crippen molar-refractivity contribution in [2.24, 2.45) is 5.11 Å². The summed E-state index contributed by atoms with van der Waals surface area (Å²) in [5.74, 6) is 0. The molecule has 8 nitrogen and oxygen atoms in total. The molecular formula is C22H42N3O5PSi. The van der Waals surface area contributed by atoms with E-state index in [1.807, 2.05) is 6.08 Å². The highest BCUT2D eigenvalue weighted by atomic mass is 31.2. The normalized spacial score (nSPS) is 22.2. The molecule has 0 radical (unpaired) electrons. The standard InChI is InChI=1S/C22H42N3O5PSi/c1-10-13-27-20-14-19(31(26,28-11-2)29-12-3)15-21(22(20)24-25-23)30-32(16(4)5,17(6)7)18(8)9/h10,15-18,20-22H,1,11-14H2,2-9H3/t20-,21+,22+/m1/s1. The maximum atomic E-state index is 13.6. The highest BCUT2D eigenvalue weighted by Crippen LogP contribution is 2.59. The van der Waals surface area contributed by atoms with Gasteiger partial charge in [0.25, 0.3) is 0 Å². The summed E-state index contributed by atoms with van der Waals surface area (Å²) in [7, 11) is -5.88. The smallest absolute Gasteiger partial charge is 0.357 e. The Morgan fingerprint density at radius 1 is 1.19 bits per heavy atom. The molecule has 0 unspecified atom stereocenters. The van der Waals surface area contributed by atoms with Crippen LogP contribution in [0.25, 0.3) is 10.4 Å². The molecule has 0 saturated heterocycles. The minimum atomic E-state index is -3.53. The van der Waals surface area contributed by atoms with Gasteiger partial charge in [-0.05, 0) is 42.1 Å². The molecular weight excluding hydrogens is 445 g/mol. The molecule has 0 N–H and O–H groups in total. The number of hydrogen-bond acceptors (Lipinski definition) is 6. The van der Waals surface area contributed by atoms with Gasteiger partial charge in [0.2, 0.25) is 8.32 Å². The highest BCUT2D eigenvalue weighted by Gasteiger charge is 2.50. The Morgan fingerprint density at radius 3 is 2.12 bits per heavy atom. The molecule has 32 heavy (non-hydrogen) atoms. The Hall–Kier alpha value is -0.923. The van der Waals surface area contributed by atoms with Crippen LogP contribution in [-0.4, -0.2) is 46.4 Å². The maximum Gasteiger partial charge on any atom is 0.357 e. The van der Waals surface area contributed by atoms with E-state index < -0.39 is 34.2 Å². The van der Waals surface area contributed by atoms with Gasteiger partial charge in [0.05, 0.1) is 38.1 Å². The molecule has 10 heteroatoms. The third-order valence-electron chi connectivity index (χ3n) is 6.09. The number of ether oxygens (including phenoxy) is 1. The number of hydrogen-bond donors (Lipinski definition) is 0. The topological polar surface area (TPSA) is 103 Å². The first kappa shape index (κ1) is 29.1. The van der Waals surface area contributed by atoms with Crippen LogP contribution in [0.15, 0.2) is 29.2 Å². The van der Waals surface area contributed by atoms with Gasteiger partial charge in [0.15, 0.2) is 0 Å². The predicted octanol–water partition coefficient (Wildman–Crippen LogP) is 7.35. The molecule has 0 aromatic heterocycles. The van der Waals surface area contributed by atoms with Gasteiger partial charge in [-0.2, -0.15) is 0 Å². The Kier molecular flexibility index (Phi) is 11.9. The van der Waals surface area contributed by atoms with Gasteiger partial charge in [-0.1, -0.05) is 52.7 Å². The molecule has 0 saturated carbocycles. The lowest BCUT2D eigenvalue weighted by atomic mass is 9.96. The third kappa shape index (κ3) is 6.57. The zero-order valence-corrected chi connectivity index (χ0v) is 22.9. The van der Waals surface area contributed by atoms with Crippen molar-refractivity contribution in [2.45, 2.75) is 96.7 Å². The molecule has 1 rings (SSSR count).